The van der Waals surface area contributed by atoms with Gasteiger partial charge in [0.05, 0.1) is 6.54 Å². The summed E-state index contributed by atoms with van der Waals surface area (Å²) in [5.74, 6) is 1.42. The van der Waals surface area contributed by atoms with Crippen LogP contribution in [0.2, 0.25) is 0 Å². The van der Waals surface area contributed by atoms with E-state index in [9.17, 15) is 8.42 Å². The van der Waals surface area contributed by atoms with Crippen molar-refractivity contribution in [3.05, 3.63) is 23.7 Å². The van der Waals surface area contributed by atoms with Gasteiger partial charge in [0.25, 0.3) is 10.2 Å². The molecular formula is C13H23N3O3S. The fraction of sp³-hybridized carbons (Fsp3) is 0.692. The maximum absolute atomic E-state index is 12.4. The molecule has 0 radical (unpaired) electrons. The molecule has 114 valence electrons. The predicted octanol–water partition coefficient (Wildman–Crippen LogP) is 0.996. The van der Waals surface area contributed by atoms with Crippen LogP contribution in [0.25, 0.3) is 0 Å². The van der Waals surface area contributed by atoms with Crippen molar-refractivity contribution in [1.82, 2.24) is 14.3 Å². The molecule has 0 aromatic carbocycles. The van der Waals surface area contributed by atoms with Gasteiger partial charge in [-0.05, 0) is 38.9 Å². The molecule has 1 saturated heterocycles. The molecule has 20 heavy (non-hydrogen) atoms. The first kappa shape index (κ1) is 15.5. The molecule has 0 amide bonds. The molecule has 2 N–H and O–H groups in total. The summed E-state index contributed by atoms with van der Waals surface area (Å²) in [6.07, 6.45) is 2.90. The Hall–Kier alpha value is -0.890. The highest BCUT2D eigenvalue weighted by Crippen LogP contribution is 2.19. The molecule has 1 aromatic rings. The number of furan rings is 1. The second kappa shape index (κ2) is 6.71. The van der Waals surface area contributed by atoms with E-state index in [2.05, 4.69) is 10.0 Å². The van der Waals surface area contributed by atoms with E-state index < -0.39 is 10.2 Å². The number of rotatable bonds is 6. The molecule has 1 aliphatic rings. The molecule has 1 unspecified atom stereocenters. The third kappa shape index (κ3) is 3.82. The molecule has 0 saturated carbocycles. The number of nitrogens with one attached hydrogen (secondary N) is 2. The minimum Gasteiger partial charge on any atom is -0.465 e. The number of hydrogen-bond acceptors (Lipinski definition) is 4. The van der Waals surface area contributed by atoms with Crippen LogP contribution in [0.5, 0.6) is 0 Å². The fourth-order valence-electron chi connectivity index (χ4n) is 2.56. The van der Waals surface area contributed by atoms with Crippen molar-refractivity contribution >= 4 is 10.2 Å². The lowest BCUT2D eigenvalue weighted by Gasteiger charge is -2.34. The maximum Gasteiger partial charge on any atom is 0.280 e. The first-order valence-electron chi connectivity index (χ1n) is 6.99. The van der Waals surface area contributed by atoms with E-state index in [1.54, 1.807) is 10.4 Å². The van der Waals surface area contributed by atoms with Crippen molar-refractivity contribution in [2.24, 2.45) is 0 Å². The zero-order chi connectivity index (χ0) is 14.6. The second-order valence-corrected chi connectivity index (χ2v) is 6.86. The lowest BCUT2D eigenvalue weighted by Crippen LogP contribution is -2.51. The van der Waals surface area contributed by atoms with Crippen LogP contribution >= 0.6 is 0 Å². The van der Waals surface area contributed by atoms with Gasteiger partial charge in [0.2, 0.25) is 0 Å². The molecule has 2 rings (SSSR count). The van der Waals surface area contributed by atoms with Gasteiger partial charge >= 0.3 is 0 Å². The smallest absolute Gasteiger partial charge is 0.280 e. The van der Waals surface area contributed by atoms with Gasteiger partial charge in [-0.25, -0.2) is 0 Å². The Bertz CT molecular complexity index is 525. The van der Waals surface area contributed by atoms with E-state index in [1.807, 2.05) is 20.0 Å². The maximum atomic E-state index is 12.4. The van der Waals surface area contributed by atoms with Crippen LogP contribution in [0.3, 0.4) is 0 Å². The van der Waals surface area contributed by atoms with Gasteiger partial charge in [0, 0.05) is 19.1 Å². The molecule has 6 nitrogen and oxygen atoms in total. The minimum atomic E-state index is -3.46. The average molecular weight is 301 g/mol. The largest absolute Gasteiger partial charge is 0.465 e. The topological polar surface area (TPSA) is 74.6 Å². The Labute approximate surface area is 120 Å². The van der Waals surface area contributed by atoms with Crippen LogP contribution in [-0.2, 0) is 16.8 Å². The molecule has 0 aliphatic carbocycles. The van der Waals surface area contributed by atoms with Gasteiger partial charge < -0.3 is 9.73 Å². The van der Waals surface area contributed by atoms with Crippen LogP contribution in [0.1, 0.15) is 30.8 Å². The third-order valence-corrected chi connectivity index (χ3v) is 5.15. The van der Waals surface area contributed by atoms with E-state index >= 15 is 0 Å². The molecule has 0 spiro atoms. The van der Waals surface area contributed by atoms with Crippen molar-refractivity contribution in [2.75, 3.05) is 20.1 Å². The zero-order valence-corrected chi connectivity index (χ0v) is 12.9. The van der Waals surface area contributed by atoms with Crippen molar-refractivity contribution in [1.29, 1.82) is 0 Å². The number of aryl methyl sites for hydroxylation is 1. The standard InChI is InChI=1S/C13H23N3O3S/c1-11-6-7-13(19-11)10-15-20(17,18)16-8-4-3-5-12(16)9-14-2/h6-7,12,14-15H,3-5,8-10H2,1-2H3. The zero-order valence-electron chi connectivity index (χ0n) is 12.1. The highest BCUT2D eigenvalue weighted by atomic mass is 32.2. The van der Waals surface area contributed by atoms with Crippen LogP contribution in [0.15, 0.2) is 16.5 Å². The third-order valence-electron chi connectivity index (χ3n) is 3.55. The first-order chi connectivity index (χ1) is 9.53. The lowest BCUT2D eigenvalue weighted by atomic mass is 10.1. The SMILES string of the molecule is CNCC1CCCCN1S(=O)(=O)NCc1ccc(C)o1. The minimum absolute atomic E-state index is 0.0320. The summed E-state index contributed by atoms with van der Waals surface area (Å²) in [6, 6.07) is 3.65. The van der Waals surface area contributed by atoms with Gasteiger partial charge in [0.1, 0.15) is 11.5 Å². The molecule has 1 aromatic heterocycles. The van der Waals surface area contributed by atoms with E-state index in [0.717, 1.165) is 25.0 Å². The number of nitrogens with zero attached hydrogens (tertiary/aromatic N) is 1. The van der Waals surface area contributed by atoms with Gasteiger partial charge in [-0.3, -0.25) is 0 Å². The molecular weight excluding hydrogens is 278 g/mol. The molecule has 1 atom stereocenters. The van der Waals surface area contributed by atoms with Crippen LogP contribution in [0, 0.1) is 6.92 Å². The number of hydrogen-bond donors (Lipinski definition) is 2. The summed E-state index contributed by atoms with van der Waals surface area (Å²) >= 11 is 0. The summed E-state index contributed by atoms with van der Waals surface area (Å²) in [6.45, 7) is 3.30. The normalized spacial score (nSPS) is 21.2. The van der Waals surface area contributed by atoms with Crippen LogP contribution < -0.4 is 10.0 Å². The highest BCUT2D eigenvalue weighted by Gasteiger charge is 2.31. The molecule has 2 heterocycles. The van der Waals surface area contributed by atoms with Gasteiger partial charge in [-0.15, -0.1) is 0 Å². The van der Waals surface area contributed by atoms with Crippen molar-refractivity contribution in [3.63, 3.8) is 0 Å². The summed E-state index contributed by atoms with van der Waals surface area (Å²) in [5, 5.41) is 3.06. The quantitative estimate of drug-likeness (QED) is 0.822. The monoisotopic (exact) mass is 301 g/mol. The molecule has 1 fully saturated rings. The summed E-state index contributed by atoms with van der Waals surface area (Å²) in [7, 11) is -1.61. The van der Waals surface area contributed by atoms with Crippen LogP contribution in [0.4, 0.5) is 0 Å². The Morgan fingerprint density at radius 1 is 1.40 bits per heavy atom. The van der Waals surface area contributed by atoms with Crippen molar-refractivity contribution in [3.8, 4) is 0 Å². The van der Waals surface area contributed by atoms with Gasteiger partial charge in [-0.2, -0.15) is 17.4 Å². The summed E-state index contributed by atoms with van der Waals surface area (Å²) in [4.78, 5) is 0. The summed E-state index contributed by atoms with van der Waals surface area (Å²) in [5.41, 5.74) is 0. The predicted molar refractivity (Wildman–Crippen MR) is 77.5 cm³/mol. The van der Waals surface area contributed by atoms with Gasteiger partial charge in [-0.1, -0.05) is 6.42 Å². The fourth-order valence-corrected chi connectivity index (χ4v) is 3.99. The Morgan fingerprint density at radius 2 is 2.20 bits per heavy atom. The Morgan fingerprint density at radius 3 is 2.85 bits per heavy atom. The Kier molecular flexibility index (Phi) is 5.20. The summed E-state index contributed by atoms with van der Waals surface area (Å²) < 4.78 is 34.4. The van der Waals surface area contributed by atoms with E-state index in [-0.39, 0.29) is 12.6 Å². The van der Waals surface area contributed by atoms with E-state index in [1.165, 1.54) is 0 Å². The molecule has 7 heteroatoms. The van der Waals surface area contributed by atoms with Crippen molar-refractivity contribution in [2.45, 2.75) is 38.8 Å². The first-order valence-corrected chi connectivity index (χ1v) is 8.43. The van der Waals surface area contributed by atoms with E-state index in [0.29, 0.717) is 18.8 Å². The number of piperidine rings is 1. The number of likely N-dealkylation sites (N-methyl/N-ethyl adjacent to an activating group) is 1. The molecule has 1 aliphatic heterocycles. The molecule has 0 bridgehead atoms. The lowest BCUT2D eigenvalue weighted by molar-refractivity contribution is 0.245. The van der Waals surface area contributed by atoms with E-state index in [4.69, 9.17) is 4.42 Å². The highest BCUT2D eigenvalue weighted by molar-refractivity contribution is 7.87. The van der Waals surface area contributed by atoms with Crippen LogP contribution in [-0.4, -0.2) is 38.9 Å². The van der Waals surface area contributed by atoms with Crippen molar-refractivity contribution < 1.29 is 12.8 Å². The Balaban J connectivity index is 2.00. The van der Waals surface area contributed by atoms with Gasteiger partial charge in [0.15, 0.2) is 0 Å². The average Bonchev–Trinajstić information content (AvgIpc) is 2.83. The second-order valence-electron chi connectivity index (χ2n) is 5.16.